The van der Waals surface area contributed by atoms with Gasteiger partial charge in [0.05, 0.1) is 10.5 Å². The summed E-state index contributed by atoms with van der Waals surface area (Å²) in [7, 11) is 0. The van der Waals surface area contributed by atoms with Crippen LogP contribution in [0.3, 0.4) is 0 Å². The van der Waals surface area contributed by atoms with Crippen LogP contribution in [-0.2, 0) is 4.79 Å². The highest BCUT2D eigenvalue weighted by molar-refractivity contribution is 8.01. The highest BCUT2D eigenvalue weighted by Gasteiger charge is 2.21. The lowest BCUT2D eigenvalue weighted by Crippen LogP contribution is -2.31. The minimum Gasteiger partial charge on any atom is -0.352 e. The van der Waals surface area contributed by atoms with Crippen molar-refractivity contribution >= 4 is 17.7 Å². The molecule has 1 unspecified atom stereocenters. The van der Waals surface area contributed by atoms with Gasteiger partial charge in [-0.2, -0.15) is 0 Å². The number of carbonyl (C=O) groups is 1. The summed E-state index contributed by atoms with van der Waals surface area (Å²) >= 11 is 1.66. The highest BCUT2D eigenvalue weighted by atomic mass is 32.2. The summed E-state index contributed by atoms with van der Waals surface area (Å²) in [6.45, 7) is 6.08. The minimum absolute atomic E-state index is 0.0433. The summed E-state index contributed by atoms with van der Waals surface area (Å²) in [4.78, 5) is 12.1. The molecule has 0 fully saturated rings. The molecule has 0 radical (unpaired) electrons. The van der Waals surface area contributed by atoms with Crippen LogP contribution in [0.25, 0.3) is 0 Å². The van der Waals surface area contributed by atoms with Gasteiger partial charge in [-0.25, -0.2) is 0 Å². The average molecular weight is 311 g/mol. The molecule has 0 aliphatic rings. The van der Waals surface area contributed by atoms with Crippen LogP contribution >= 0.6 is 11.8 Å². The van der Waals surface area contributed by atoms with Crippen LogP contribution in [0.5, 0.6) is 0 Å². The van der Waals surface area contributed by atoms with Gasteiger partial charge in [0.2, 0.25) is 5.91 Å². The van der Waals surface area contributed by atoms with Crippen LogP contribution in [0.15, 0.2) is 73.3 Å². The smallest absolute Gasteiger partial charge is 0.233 e. The third-order valence-electron chi connectivity index (χ3n) is 3.33. The van der Waals surface area contributed by atoms with E-state index in [0.29, 0.717) is 6.54 Å². The summed E-state index contributed by atoms with van der Waals surface area (Å²) < 4.78 is 0. The fraction of sp³-hybridized carbons (Fsp3) is 0.211. The van der Waals surface area contributed by atoms with E-state index < -0.39 is 0 Å². The molecule has 0 aliphatic carbocycles. The Morgan fingerprint density at radius 3 is 2.05 bits per heavy atom. The largest absolute Gasteiger partial charge is 0.352 e. The summed E-state index contributed by atoms with van der Waals surface area (Å²) in [5.41, 5.74) is 2.42. The van der Waals surface area contributed by atoms with Gasteiger partial charge in [0.1, 0.15) is 0 Å². The Bertz CT molecular complexity index is 558. The molecule has 0 aliphatic heterocycles. The lowest BCUT2D eigenvalue weighted by Gasteiger charge is -2.21. The van der Waals surface area contributed by atoms with E-state index in [9.17, 15) is 4.79 Å². The molecule has 2 aromatic carbocycles. The van der Waals surface area contributed by atoms with Crippen molar-refractivity contribution in [3.05, 3.63) is 84.4 Å². The maximum absolute atomic E-state index is 12.1. The summed E-state index contributed by atoms with van der Waals surface area (Å²) in [5, 5.41) is 2.87. The maximum atomic E-state index is 12.1. The van der Waals surface area contributed by atoms with Gasteiger partial charge < -0.3 is 5.32 Å². The van der Waals surface area contributed by atoms with Crippen molar-refractivity contribution in [1.29, 1.82) is 0 Å². The Labute approximate surface area is 136 Å². The monoisotopic (exact) mass is 311 g/mol. The van der Waals surface area contributed by atoms with Crippen molar-refractivity contribution in [3.8, 4) is 0 Å². The molecule has 2 aromatic rings. The topological polar surface area (TPSA) is 29.1 Å². The van der Waals surface area contributed by atoms with E-state index >= 15 is 0 Å². The minimum atomic E-state index is -0.134. The van der Waals surface area contributed by atoms with Crippen LogP contribution in [0.2, 0.25) is 0 Å². The second-order valence-corrected chi connectivity index (χ2v) is 6.46. The van der Waals surface area contributed by atoms with E-state index in [1.54, 1.807) is 17.8 Å². The number of nitrogens with one attached hydrogen (secondary N) is 1. The third-order valence-corrected chi connectivity index (χ3v) is 4.77. The number of hydrogen-bond donors (Lipinski definition) is 1. The van der Waals surface area contributed by atoms with E-state index in [1.165, 1.54) is 11.1 Å². The number of rotatable bonds is 7. The van der Waals surface area contributed by atoms with Gasteiger partial charge in [0.15, 0.2) is 0 Å². The summed E-state index contributed by atoms with van der Waals surface area (Å²) in [6.07, 6.45) is 1.70. The molecule has 0 saturated heterocycles. The standard InChI is InChI=1S/C19H21NOS/c1-3-14-20-19(21)15(2)22-18(16-10-6-4-7-11-16)17-12-8-5-9-13-17/h3-13,15,18H,1,14H2,2H3,(H,20,21). The number of carbonyl (C=O) groups excluding carboxylic acids is 1. The van der Waals surface area contributed by atoms with Gasteiger partial charge >= 0.3 is 0 Å². The van der Waals surface area contributed by atoms with E-state index in [4.69, 9.17) is 0 Å². The first-order chi connectivity index (χ1) is 10.7. The zero-order valence-electron chi connectivity index (χ0n) is 12.7. The molecule has 3 heteroatoms. The quantitative estimate of drug-likeness (QED) is 0.776. The van der Waals surface area contributed by atoms with Crippen LogP contribution < -0.4 is 5.32 Å². The Balaban J connectivity index is 2.19. The van der Waals surface area contributed by atoms with E-state index in [0.717, 1.165) is 0 Å². The predicted molar refractivity (Wildman–Crippen MR) is 95.0 cm³/mol. The highest BCUT2D eigenvalue weighted by Crippen LogP contribution is 2.38. The van der Waals surface area contributed by atoms with Crippen molar-refractivity contribution < 1.29 is 4.79 Å². The molecule has 0 spiro atoms. The zero-order chi connectivity index (χ0) is 15.8. The van der Waals surface area contributed by atoms with Gasteiger partial charge in [-0.1, -0.05) is 66.7 Å². The fourth-order valence-electron chi connectivity index (χ4n) is 2.19. The molecule has 114 valence electrons. The first kappa shape index (κ1) is 16.4. The Morgan fingerprint density at radius 1 is 1.09 bits per heavy atom. The van der Waals surface area contributed by atoms with E-state index in [-0.39, 0.29) is 16.4 Å². The number of benzene rings is 2. The second-order valence-electron chi connectivity index (χ2n) is 5.01. The Hall–Kier alpha value is -2.00. The Kier molecular flexibility index (Phi) is 6.28. The van der Waals surface area contributed by atoms with Crippen LogP contribution in [0, 0.1) is 0 Å². The molecule has 0 aromatic heterocycles. The third kappa shape index (κ3) is 4.50. The van der Waals surface area contributed by atoms with Gasteiger partial charge in [0.25, 0.3) is 0 Å². The van der Waals surface area contributed by atoms with Crippen molar-refractivity contribution in [1.82, 2.24) is 5.32 Å². The molecular weight excluding hydrogens is 290 g/mol. The molecule has 0 saturated carbocycles. The first-order valence-electron chi connectivity index (χ1n) is 7.36. The molecular formula is C19H21NOS. The lowest BCUT2D eigenvalue weighted by atomic mass is 10.0. The molecule has 1 atom stereocenters. The molecule has 0 bridgehead atoms. The van der Waals surface area contributed by atoms with Crippen LogP contribution in [0.1, 0.15) is 23.3 Å². The first-order valence-corrected chi connectivity index (χ1v) is 8.30. The average Bonchev–Trinajstić information content (AvgIpc) is 2.58. The normalized spacial score (nSPS) is 11.9. The van der Waals surface area contributed by atoms with Gasteiger partial charge in [-0.15, -0.1) is 18.3 Å². The molecule has 22 heavy (non-hydrogen) atoms. The molecule has 1 amide bonds. The number of hydrogen-bond acceptors (Lipinski definition) is 2. The fourth-order valence-corrected chi connectivity index (χ4v) is 3.43. The zero-order valence-corrected chi connectivity index (χ0v) is 13.6. The summed E-state index contributed by atoms with van der Waals surface area (Å²) in [5.74, 6) is 0.0433. The number of thioether (sulfide) groups is 1. The summed E-state index contributed by atoms with van der Waals surface area (Å²) in [6, 6.07) is 20.6. The van der Waals surface area contributed by atoms with Crippen LogP contribution in [0.4, 0.5) is 0 Å². The number of amides is 1. The van der Waals surface area contributed by atoms with Gasteiger partial charge in [-0.05, 0) is 18.1 Å². The van der Waals surface area contributed by atoms with Crippen LogP contribution in [-0.4, -0.2) is 17.7 Å². The molecule has 2 rings (SSSR count). The van der Waals surface area contributed by atoms with Crippen molar-refractivity contribution in [2.75, 3.05) is 6.54 Å². The van der Waals surface area contributed by atoms with E-state index in [1.807, 2.05) is 43.3 Å². The second kappa shape index (κ2) is 8.44. The maximum Gasteiger partial charge on any atom is 0.233 e. The van der Waals surface area contributed by atoms with E-state index in [2.05, 4.69) is 36.2 Å². The Morgan fingerprint density at radius 2 is 1.59 bits per heavy atom. The molecule has 1 N–H and O–H groups in total. The van der Waals surface area contributed by atoms with Crippen molar-refractivity contribution in [2.24, 2.45) is 0 Å². The molecule has 2 nitrogen and oxygen atoms in total. The SMILES string of the molecule is C=CCNC(=O)C(C)SC(c1ccccc1)c1ccccc1. The predicted octanol–water partition coefficient (Wildman–Crippen LogP) is 4.20. The lowest BCUT2D eigenvalue weighted by molar-refractivity contribution is -0.120. The van der Waals surface area contributed by atoms with Gasteiger partial charge in [0, 0.05) is 6.54 Å². The molecule has 0 heterocycles. The van der Waals surface area contributed by atoms with Gasteiger partial charge in [-0.3, -0.25) is 4.79 Å². The van der Waals surface area contributed by atoms with Crippen molar-refractivity contribution in [3.63, 3.8) is 0 Å². The van der Waals surface area contributed by atoms with Crippen molar-refractivity contribution in [2.45, 2.75) is 17.4 Å².